The molecule has 1 unspecified atom stereocenters. The van der Waals surface area contributed by atoms with Crippen LogP contribution in [0, 0.1) is 5.82 Å². The maximum Gasteiger partial charge on any atom is 0.244 e. The van der Waals surface area contributed by atoms with Gasteiger partial charge in [-0.05, 0) is 42.0 Å². The van der Waals surface area contributed by atoms with Crippen LogP contribution in [0.2, 0.25) is 0 Å². The Kier molecular flexibility index (Phi) is 5.93. The van der Waals surface area contributed by atoms with E-state index in [0.29, 0.717) is 23.7 Å². The number of hydrogen-bond acceptors (Lipinski definition) is 4. The number of anilines is 1. The highest BCUT2D eigenvalue weighted by Gasteiger charge is 2.31. The van der Waals surface area contributed by atoms with Crippen LogP contribution in [0.1, 0.15) is 12.0 Å². The Morgan fingerprint density at radius 1 is 1.18 bits per heavy atom. The van der Waals surface area contributed by atoms with Crippen molar-refractivity contribution in [3.63, 3.8) is 0 Å². The maximum absolute atomic E-state index is 13.4. The number of carbonyl (C=O) groups is 2. The van der Waals surface area contributed by atoms with Crippen molar-refractivity contribution in [1.82, 2.24) is 5.32 Å². The van der Waals surface area contributed by atoms with Gasteiger partial charge in [-0.2, -0.15) is 0 Å². The minimum atomic E-state index is -0.407. The molecule has 0 bridgehead atoms. The molecule has 1 saturated heterocycles. The maximum atomic E-state index is 13.4. The fourth-order valence-corrected chi connectivity index (χ4v) is 3.08. The molecule has 2 aromatic rings. The van der Waals surface area contributed by atoms with Crippen molar-refractivity contribution in [2.45, 2.75) is 12.5 Å². The van der Waals surface area contributed by atoms with Crippen LogP contribution in [-0.4, -0.2) is 38.6 Å². The molecule has 146 valence electrons. The van der Waals surface area contributed by atoms with E-state index in [2.05, 4.69) is 5.32 Å². The van der Waals surface area contributed by atoms with Gasteiger partial charge < -0.3 is 19.7 Å². The molecule has 0 spiro atoms. The standard InChI is InChI=1S/C21H21FN2O4/c1-27-18-8-6-14(10-19(18)28-2)7-9-20(25)23-16-12-21(26)24(13-16)17-5-3-4-15(22)11-17/h3-11,16H,12-13H2,1-2H3,(H,23,25)/b9-7-. The van der Waals surface area contributed by atoms with Gasteiger partial charge in [0, 0.05) is 24.7 Å². The zero-order valence-electron chi connectivity index (χ0n) is 15.6. The summed E-state index contributed by atoms with van der Waals surface area (Å²) in [6.07, 6.45) is 3.22. The number of methoxy groups -OCH3 is 2. The zero-order chi connectivity index (χ0) is 20.1. The van der Waals surface area contributed by atoms with Crippen LogP contribution in [0.5, 0.6) is 11.5 Å². The number of ether oxygens (including phenoxy) is 2. The Balaban J connectivity index is 1.61. The Morgan fingerprint density at radius 3 is 2.68 bits per heavy atom. The van der Waals surface area contributed by atoms with Gasteiger partial charge in [-0.25, -0.2) is 4.39 Å². The summed E-state index contributed by atoms with van der Waals surface area (Å²) in [5.41, 5.74) is 1.26. The number of carbonyl (C=O) groups excluding carboxylic acids is 2. The van der Waals surface area contributed by atoms with Crippen molar-refractivity contribution in [3.05, 3.63) is 59.9 Å². The van der Waals surface area contributed by atoms with Crippen molar-refractivity contribution < 1.29 is 23.5 Å². The van der Waals surface area contributed by atoms with Gasteiger partial charge in [-0.15, -0.1) is 0 Å². The number of amides is 2. The van der Waals surface area contributed by atoms with Crippen LogP contribution < -0.4 is 19.7 Å². The molecule has 7 heteroatoms. The molecule has 0 aliphatic carbocycles. The van der Waals surface area contributed by atoms with Gasteiger partial charge in [0.05, 0.1) is 20.3 Å². The summed E-state index contributed by atoms with van der Waals surface area (Å²) in [6, 6.07) is 10.8. The fourth-order valence-electron chi connectivity index (χ4n) is 3.08. The Labute approximate surface area is 162 Å². The molecule has 2 aromatic carbocycles. The average molecular weight is 384 g/mol. The number of hydrogen-bond donors (Lipinski definition) is 1. The molecule has 0 radical (unpaired) electrons. The van der Waals surface area contributed by atoms with Crippen LogP contribution in [0.4, 0.5) is 10.1 Å². The molecule has 6 nitrogen and oxygen atoms in total. The average Bonchev–Trinajstić information content (AvgIpc) is 3.06. The third kappa shape index (κ3) is 4.49. The Morgan fingerprint density at radius 2 is 1.96 bits per heavy atom. The quantitative estimate of drug-likeness (QED) is 0.778. The molecule has 0 saturated carbocycles. The van der Waals surface area contributed by atoms with Crippen LogP contribution in [0.3, 0.4) is 0 Å². The van der Waals surface area contributed by atoms with Crippen LogP contribution in [0.15, 0.2) is 48.5 Å². The minimum absolute atomic E-state index is 0.153. The van der Waals surface area contributed by atoms with Crippen molar-refractivity contribution in [2.24, 2.45) is 0 Å². The van der Waals surface area contributed by atoms with E-state index in [1.54, 1.807) is 50.6 Å². The number of nitrogens with zero attached hydrogens (tertiary/aromatic N) is 1. The van der Waals surface area contributed by atoms with E-state index in [0.717, 1.165) is 5.56 Å². The largest absolute Gasteiger partial charge is 0.493 e. The third-order valence-corrected chi connectivity index (χ3v) is 4.43. The zero-order valence-corrected chi connectivity index (χ0v) is 15.6. The van der Waals surface area contributed by atoms with E-state index >= 15 is 0 Å². The first-order chi connectivity index (χ1) is 13.5. The third-order valence-electron chi connectivity index (χ3n) is 4.43. The summed E-state index contributed by atoms with van der Waals surface area (Å²) >= 11 is 0. The van der Waals surface area contributed by atoms with Crippen molar-refractivity contribution in [1.29, 1.82) is 0 Å². The van der Waals surface area contributed by atoms with E-state index in [4.69, 9.17) is 9.47 Å². The molecule has 1 aliphatic rings. The fraction of sp³-hybridized carbons (Fsp3) is 0.238. The van der Waals surface area contributed by atoms with Crippen LogP contribution in [0.25, 0.3) is 6.08 Å². The van der Waals surface area contributed by atoms with Gasteiger partial charge in [-0.1, -0.05) is 12.1 Å². The lowest BCUT2D eigenvalue weighted by atomic mass is 10.2. The van der Waals surface area contributed by atoms with E-state index < -0.39 is 5.82 Å². The summed E-state index contributed by atoms with van der Waals surface area (Å²) in [5, 5.41) is 2.81. The van der Waals surface area contributed by atoms with Crippen molar-refractivity contribution >= 4 is 23.6 Å². The first-order valence-electron chi connectivity index (χ1n) is 8.76. The van der Waals surface area contributed by atoms with E-state index in [1.807, 2.05) is 0 Å². The van der Waals surface area contributed by atoms with Crippen molar-refractivity contribution in [3.8, 4) is 11.5 Å². The summed E-state index contributed by atoms with van der Waals surface area (Å²) in [4.78, 5) is 25.9. The first kappa shape index (κ1) is 19.4. The topological polar surface area (TPSA) is 67.9 Å². The van der Waals surface area contributed by atoms with Crippen molar-refractivity contribution in [2.75, 3.05) is 25.7 Å². The molecular formula is C21H21FN2O4. The lowest BCUT2D eigenvalue weighted by Crippen LogP contribution is -2.36. The smallest absolute Gasteiger partial charge is 0.244 e. The molecule has 2 amide bonds. The molecule has 1 heterocycles. The highest BCUT2D eigenvalue weighted by atomic mass is 19.1. The SMILES string of the molecule is COc1ccc(/C=C\C(=O)NC2CC(=O)N(c3cccc(F)c3)C2)cc1OC. The number of rotatable bonds is 6. The first-order valence-corrected chi connectivity index (χ1v) is 8.76. The number of halogens is 1. The van der Waals surface area contributed by atoms with Crippen LogP contribution >= 0.6 is 0 Å². The van der Waals surface area contributed by atoms with E-state index in [-0.39, 0.29) is 24.3 Å². The van der Waals surface area contributed by atoms with Gasteiger partial charge in [0.1, 0.15) is 5.82 Å². The second kappa shape index (κ2) is 8.56. The molecule has 3 rings (SSSR count). The van der Waals surface area contributed by atoms with Gasteiger partial charge in [0.25, 0.3) is 0 Å². The molecule has 1 N–H and O–H groups in total. The predicted molar refractivity (Wildman–Crippen MR) is 104 cm³/mol. The highest BCUT2D eigenvalue weighted by Crippen LogP contribution is 2.28. The second-order valence-electron chi connectivity index (χ2n) is 6.34. The second-order valence-corrected chi connectivity index (χ2v) is 6.34. The van der Waals surface area contributed by atoms with Crippen LogP contribution in [-0.2, 0) is 9.59 Å². The number of nitrogens with one attached hydrogen (secondary N) is 1. The molecule has 1 fully saturated rings. The highest BCUT2D eigenvalue weighted by molar-refractivity contribution is 5.98. The summed E-state index contributed by atoms with van der Waals surface area (Å²) < 4.78 is 23.8. The normalized spacial score (nSPS) is 16.5. The molecule has 1 atom stereocenters. The minimum Gasteiger partial charge on any atom is -0.493 e. The van der Waals surface area contributed by atoms with Gasteiger partial charge in [-0.3, -0.25) is 9.59 Å². The lowest BCUT2D eigenvalue weighted by molar-refractivity contribution is -0.117. The predicted octanol–water partition coefficient (Wildman–Crippen LogP) is 2.78. The lowest BCUT2D eigenvalue weighted by Gasteiger charge is -2.17. The Bertz CT molecular complexity index is 913. The summed E-state index contributed by atoms with van der Waals surface area (Å²) in [7, 11) is 3.09. The summed E-state index contributed by atoms with van der Waals surface area (Å²) in [6.45, 7) is 0.304. The Hall–Kier alpha value is -3.35. The monoisotopic (exact) mass is 384 g/mol. The molecule has 0 aromatic heterocycles. The van der Waals surface area contributed by atoms with Gasteiger partial charge in [0.2, 0.25) is 11.8 Å². The summed E-state index contributed by atoms with van der Waals surface area (Å²) in [5.74, 6) is 0.298. The van der Waals surface area contributed by atoms with Gasteiger partial charge in [0.15, 0.2) is 11.5 Å². The van der Waals surface area contributed by atoms with E-state index in [1.165, 1.54) is 23.1 Å². The number of benzene rings is 2. The van der Waals surface area contributed by atoms with Gasteiger partial charge >= 0.3 is 0 Å². The molecule has 1 aliphatic heterocycles. The molecular weight excluding hydrogens is 363 g/mol. The van der Waals surface area contributed by atoms with E-state index in [9.17, 15) is 14.0 Å². The molecule has 28 heavy (non-hydrogen) atoms.